The molecule has 0 bridgehead atoms. The van der Waals surface area contributed by atoms with E-state index in [9.17, 15) is 14.4 Å². The fourth-order valence-corrected chi connectivity index (χ4v) is 2.07. The van der Waals surface area contributed by atoms with Gasteiger partial charge in [-0.15, -0.1) is 0 Å². The van der Waals surface area contributed by atoms with Gasteiger partial charge in [0.1, 0.15) is 0 Å². The Balaban J connectivity index is 2.76. The van der Waals surface area contributed by atoms with E-state index in [1.165, 1.54) is 11.8 Å². The van der Waals surface area contributed by atoms with Crippen LogP contribution in [0.1, 0.15) is 44.5 Å². The highest BCUT2D eigenvalue weighted by molar-refractivity contribution is 5.94. The zero-order chi connectivity index (χ0) is 17.4. The average Bonchev–Trinajstić information content (AvgIpc) is 2.47. The molecule has 126 valence electrons. The molecular formula is C17H24N2O4. The van der Waals surface area contributed by atoms with Gasteiger partial charge in [0, 0.05) is 31.6 Å². The number of hydrogen-bond acceptors (Lipinski definition) is 4. The van der Waals surface area contributed by atoms with Crippen molar-refractivity contribution in [2.45, 2.75) is 40.2 Å². The number of esters is 1. The van der Waals surface area contributed by atoms with Crippen LogP contribution in [0.4, 0.5) is 5.69 Å². The highest BCUT2D eigenvalue weighted by Crippen LogP contribution is 2.16. The number of nitrogens with one attached hydrogen (secondary N) is 1. The number of amides is 2. The summed E-state index contributed by atoms with van der Waals surface area (Å²) in [6.07, 6.45) is 0.220. The van der Waals surface area contributed by atoms with Crippen molar-refractivity contribution in [3.63, 3.8) is 0 Å². The fraction of sp³-hybridized carbons (Fsp3) is 0.471. The summed E-state index contributed by atoms with van der Waals surface area (Å²) in [5.41, 5.74) is 1.07. The molecule has 0 aromatic heterocycles. The third-order valence-electron chi connectivity index (χ3n) is 3.08. The van der Waals surface area contributed by atoms with E-state index in [2.05, 4.69) is 5.32 Å². The van der Waals surface area contributed by atoms with Gasteiger partial charge in [-0.3, -0.25) is 9.59 Å². The van der Waals surface area contributed by atoms with Gasteiger partial charge in [0.15, 0.2) is 0 Å². The monoisotopic (exact) mass is 320 g/mol. The predicted octanol–water partition coefficient (Wildman–Crippen LogP) is 2.13. The van der Waals surface area contributed by atoms with Crippen molar-refractivity contribution in [3.05, 3.63) is 29.8 Å². The quantitative estimate of drug-likeness (QED) is 0.781. The SMILES string of the molecule is CCOC(=O)c1ccc(N(CCC(=O)NC(C)C)C(C)=O)cc1. The van der Waals surface area contributed by atoms with Gasteiger partial charge in [-0.1, -0.05) is 0 Å². The van der Waals surface area contributed by atoms with Crippen molar-refractivity contribution < 1.29 is 19.1 Å². The van der Waals surface area contributed by atoms with Gasteiger partial charge in [-0.25, -0.2) is 4.79 Å². The van der Waals surface area contributed by atoms with Crippen LogP contribution in [0.3, 0.4) is 0 Å². The molecule has 0 unspecified atom stereocenters. The molecule has 1 aromatic carbocycles. The zero-order valence-electron chi connectivity index (χ0n) is 14.1. The van der Waals surface area contributed by atoms with Crippen molar-refractivity contribution >= 4 is 23.5 Å². The van der Waals surface area contributed by atoms with Crippen LogP contribution < -0.4 is 10.2 Å². The second kappa shape index (κ2) is 8.92. The standard InChI is InChI=1S/C17H24N2O4/c1-5-23-17(22)14-6-8-15(9-7-14)19(13(4)20)11-10-16(21)18-12(2)3/h6-9,12H,5,10-11H2,1-4H3,(H,18,21). The first-order chi connectivity index (χ1) is 10.8. The van der Waals surface area contributed by atoms with Gasteiger partial charge in [0.05, 0.1) is 12.2 Å². The van der Waals surface area contributed by atoms with Crippen molar-refractivity contribution in [1.82, 2.24) is 5.32 Å². The topological polar surface area (TPSA) is 75.7 Å². The highest BCUT2D eigenvalue weighted by atomic mass is 16.5. The largest absolute Gasteiger partial charge is 0.462 e. The Kier molecular flexibility index (Phi) is 7.25. The summed E-state index contributed by atoms with van der Waals surface area (Å²) in [5.74, 6) is -0.662. The summed E-state index contributed by atoms with van der Waals surface area (Å²) in [7, 11) is 0. The van der Waals surface area contributed by atoms with Crippen molar-refractivity contribution in [1.29, 1.82) is 0 Å². The maximum Gasteiger partial charge on any atom is 0.338 e. The first-order valence-electron chi connectivity index (χ1n) is 7.69. The van der Waals surface area contributed by atoms with Crippen LogP contribution in [0.15, 0.2) is 24.3 Å². The molecule has 1 N–H and O–H groups in total. The Morgan fingerprint density at radius 1 is 1.17 bits per heavy atom. The molecule has 0 heterocycles. The van der Waals surface area contributed by atoms with E-state index in [0.717, 1.165) is 0 Å². The van der Waals surface area contributed by atoms with Crippen molar-refractivity contribution in [2.24, 2.45) is 0 Å². The minimum absolute atomic E-state index is 0.0668. The number of benzene rings is 1. The van der Waals surface area contributed by atoms with Gasteiger partial charge in [0.25, 0.3) is 0 Å². The Morgan fingerprint density at radius 2 is 1.78 bits per heavy atom. The number of ether oxygens (including phenoxy) is 1. The molecule has 0 aliphatic carbocycles. The third-order valence-corrected chi connectivity index (χ3v) is 3.08. The Hall–Kier alpha value is -2.37. The van der Waals surface area contributed by atoms with E-state index in [0.29, 0.717) is 17.9 Å². The summed E-state index contributed by atoms with van der Waals surface area (Å²) in [4.78, 5) is 36.7. The number of hydrogen-bond donors (Lipinski definition) is 1. The Bertz CT molecular complexity index is 552. The molecule has 1 rings (SSSR count). The molecule has 0 fully saturated rings. The predicted molar refractivity (Wildman–Crippen MR) is 88.3 cm³/mol. The summed E-state index contributed by atoms with van der Waals surface area (Å²) < 4.78 is 4.92. The van der Waals surface area contributed by atoms with Gasteiger partial charge >= 0.3 is 5.97 Å². The number of nitrogens with zero attached hydrogens (tertiary/aromatic N) is 1. The molecule has 0 atom stereocenters. The average molecular weight is 320 g/mol. The summed E-state index contributed by atoms with van der Waals surface area (Å²) in [5, 5.41) is 2.79. The molecular weight excluding hydrogens is 296 g/mol. The minimum Gasteiger partial charge on any atom is -0.462 e. The van der Waals surface area contributed by atoms with Crippen LogP contribution in [0.2, 0.25) is 0 Å². The second-order valence-corrected chi connectivity index (χ2v) is 5.41. The summed E-state index contributed by atoms with van der Waals surface area (Å²) in [6.45, 7) is 7.55. The first kappa shape index (κ1) is 18.7. The maximum atomic E-state index is 11.8. The Labute approximate surface area is 136 Å². The molecule has 0 saturated heterocycles. The molecule has 0 radical (unpaired) electrons. The lowest BCUT2D eigenvalue weighted by molar-refractivity contribution is -0.121. The smallest absolute Gasteiger partial charge is 0.338 e. The number of rotatable bonds is 7. The van der Waals surface area contributed by atoms with Gasteiger partial charge in [-0.05, 0) is 45.0 Å². The van der Waals surface area contributed by atoms with E-state index < -0.39 is 5.97 Å². The third kappa shape index (κ3) is 6.10. The lowest BCUT2D eigenvalue weighted by atomic mass is 10.2. The number of anilines is 1. The van der Waals surface area contributed by atoms with Crippen LogP contribution in [0.5, 0.6) is 0 Å². The van der Waals surface area contributed by atoms with Crippen LogP contribution >= 0.6 is 0 Å². The van der Waals surface area contributed by atoms with Crippen LogP contribution in [0.25, 0.3) is 0 Å². The number of carbonyl (C=O) groups excluding carboxylic acids is 3. The Morgan fingerprint density at radius 3 is 2.26 bits per heavy atom. The lowest BCUT2D eigenvalue weighted by Crippen LogP contribution is -2.36. The van der Waals surface area contributed by atoms with Crippen molar-refractivity contribution in [3.8, 4) is 0 Å². The fourth-order valence-electron chi connectivity index (χ4n) is 2.07. The van der Waals surface area contributed by atoms with Crippen LogP contribution in [0, 0.1) is 0 Å². The zero-order valence-corrected chi connectivity index (χ0v) is 14.1. The van der Waals surface area contributed by atoms with E-state index in [-0.39, 0.29) is 30.8 Å². The van der Waals surface area contributed by atoms with Gasteiger partial charge < -0.3 is 15.0 Å². The molecule has 6 nitrogen and oxygen atoms in total. The lowest BCUT2D eigenvalue weighted by Gasteiger charge is -2.21. The van der Waals surface area contributed by atoms with E-state index in [1.54, 1.807) is 31.2 Å². The maximum absolute atomic E-state index is 11.8. The summed E-state index contributed by atoms with van der Waals surface area (Å²) >= 11 is 0. The molecule has 6 heteroatoms. The van der Waals surface area contributed by atoms with Crippen LogP contribution in [-0.4, -0.2) is 37.0 Å². The van der Waals surface area contributed by atoms with E-state index in [4.69, 9.17) is 4.74 Å². The van der Waals surface area contributed by atoms with E-state index >= 15 is 0 Å². The molecule has 1 aromatic rings. The molecule has 0 aliphatic heterocycles. The second-order valence-electron chi connectivity index (χ2n) is 5.41. The minimum atomic E-state index is -0.398. The van der Waals surface area contributed by atoms with Crippen LogP contribution in [-0.2, 0) is 14.3 Å². The molecule has 0 aliphatic rings. The van der Waals surface area contributed by atoms with Gasteiger partial charge in [0.2, 0.25) is 11.8 Å². The van der Waals surface area contributed by atoms with Crippen molar-refractivity contribution in [2.75, 3.05) is 18.1 Å². The molecule has 0 saturated carbocycles. The highest BCUT2D eigenvalue weighted by Gasteiger charge is 2.15. The first-order valence-corrected chi connectivity index (χ1v) is 7.69. The number of carbonyl (C=O) groups is 3. The van der Waals surface area contributed by atoms with Gasteiger partial charge in [-0.2, -0.15) is 0 Å². The molecule has 0 spiro atoms. The normalized spacial score (nSPS) is 10.3. The summed E-state index contributed by atoms with van der Waals surface area (Å²) in [6, 6.07) is 6.63. The molecule has 2 amide bonds. The van der Waals surface area contributed by atoms with E-state index in [1.807, 2.05) is 13.8 Å². The molecule has 23 heavy (non-hydrogen) atoms.